The molecule has 3 rings (SSSR count). The number of benzene rings is 2. The third kappa shape index (κ3) is 4.17. The number of ether oxygens (including phenoxy) is 1. The van der Waals surface area contributed by atoms with Crippen LogP contribution in [0.5, 0.6) is 5.75 Å². The molecule has 0 aliphatic carbocycles. The van der Waals surface area contributed by atoms with E-state index in [2.05, 4.69) is 4.98 Å². The van der Waals surface area contributed by atoms with Crippen LogP contribution in [0.3, 0.4) is 0 Å². The van der Waals surface area contributed by atoms with Crippen LogP contribution >= 0.6 is 0 Å². The third-order valence-corrected chi connectivity index (χ3v) is 4.20. The summed E-state index contributed by atoms with van der Waals surface area (Å²) in [4.78, 5) is 29.1. The zero-order chi connectivity index (χ0) is 20.1. The molecule has 8 nitrogen and oxygen atoms in total. The summed E-state index contributed by atoms with van der Waals surface area (Å²) in [6.45, 7) is 2.88. The van der Waals surface area contributed by atoms with E-state index in [1.54, 1.807) is 25.4 Å². The van der Waals surface area contributed by atoms with Crippen LogP contribution in [0.4, 0.5) is 5.69 Å². The van der Waals surface area contributed by atoms with Crippen molar-refractivity contribution in [2.75, 3.05) is 13.7 Å². The fourth-order valence-corrected chi connectivity index (χ4v) is 2.85. The van der Waals surface area contributed by atoms with E-state index >= 15 is 0 Å². The molecule has 0 unspecified atom stereocenters. The Kier molecular flexibility index (Phi) is 5.69. The highest BCUT2D eigenvalue weighted by atomic mass is 16.6. The van der Waals surface area contributed by atoms with Gasteiger partial charge in [0, 0.05) is 37.6 Å². The minimum atomic E-state index is -0.501. The van der Waals surface area contributed by atoms with Crippen LogP contribution in [-0.4, -0.2) is 38.9 Å². The van der Waals surface area contributed by atoms with Crippen molar-refractivity contribution in [1.82, 2.24) is 14.5 Å². The molecule has 0 fully saturated rings. The van der Waals surface area contributed by atoms with Gasteiger partial charge in [0.15, 0.2) is 0 Å². The maximum atomic E-state index is 12.8. The zero-order valence-electron chi connectivity index (χ0n) is 15.6. The molecule has 1 aromatic heterocycles. The first-order valence-electron chi connectivity index (χ1n) is 8.73. The fraction of sp³-hybridized carbons (Fsp3) is 0.200. The molecule has 1 amide bonds. The van der Waals surface area contributed by atoms with E-state index in [9.17, 15) is 14.9 Å². The summed E-state index contributed by atoms with van der Waals surface area (Å²) in [6.07, 6.45) is 4.62. The van der Waals surface area contributed by atoms with E-state index in [4.69, 9.17) is 4.74 Å². The van der Waals surface area contributed by atoms with Gasteiger partial charge in [-0.2, -0.15) is 0 Å². The minimum Gasteiger partial charge on any atom is -0.494 e. The topological polar surface area (TPSA) is 90.5 Å². The van der Waals surface area contributed by atoms with Crippen molar-refractivity contribution in [3.63, 3.8) is 0 Å². The van der Waals surface area contributed by atoms with Crippen molar-refractivity contribution in [3.05, 3.63) is 82.4 Å². The highest BCUT2D eigenvalue weighted by Gasteiger charge is 2.20. The third-order valence-electron chi connectivity index (χ3n) is 4.20. The van der Waals surface area contributed by atoms with Crippen LogP contribution in [0.15, 0.2) is 61.2 Å². The molecule has 0 radical (unpaired) electrons. The lowest BCUT2D eigenvalue weighted by atomic mass is 10.1. The number of carbonyl (C=O) groups is 1. The Morgan fingerprint density at radius 2 is 2.00 bits per heavy atom. The summed E-state index contributed by atoms with van der Waals surface area (Å²) in [6, 6.07) is 11.9. The Morgan fingerprint density at radius 3 is 2.61 bits per heavy atom. The van der Waals surface area contributed by atoms with Gasteiger partial charge in [0.05, 0.1) is 17.9 Å². The number of amides is 1. The molecule has 0 saturated heterocycles. The van der Waals surface area contributed by atoms with Crippen LogP contribution in [0.1, 0.15) is 22.8 Å². The molecular formula is C20H20N4O4. The maximum Gasteiger partial charge on any atom is 0.294 e. The van der Waals surface area contributed by atoms with Crippen molar-refractivity contribution in [2.45, 2.75) is 13.5 Å². The van der Waals surface area contributed by atoms with Crippen LogP contribution < -0.4 is 4.74 Å². The summed E-state index contributed by atoms with van der Waals surface area (Å²) in [5.41, 5.74) is 1.39. The number of nitrogens with zero attached hydrogens (tertiary/aromatic N) is 4. The molecule has 144 valence electrons. The maximum absolute atomic E-state index is 12.8. The Balaban J connectivity index is 1.79. The normalized spacial score (nSPS) is 10.5. The lowest BCUT2D eigenvalue weighted by Gasteiger charge is -2.18. The zero-order valence-corrected chi connectivity index (χ0v) is 15.6. The quantitative estimate of drug-likeness (QED) is 0.462. The van der Waals surface area contributed by atoms with Gasteiger partial charge in [-0.3, -0.25) is 14.9 Å². The predicted octanol–water partition coefficient (Wildman–Crippen LogP) is 3.45. The summed E-state index contributed by atoms with van der Waals surface area (Å²) in [7, 11) is 1.66. The molecule has 0 bridgehead atoms. The molecule has 0 N–H and O–H groups in total. The van der Waals surface area contributed by atoms with Crippen molar-refractivity contribution in [2.24, 2.45) is 0 Å². The first kappa shape index (κ1) is 19.1. The molecule has 0 spiro atoms. The van der Waals surface area contributed by atoms with Crippen molar-refractivity contribution >= 4 is 11.6 Å². The molecule has 0 saturated carbocycles. The fourth-order valence-electron chi connectivity index (χ4n) is 2.85. The van der Waals surface area contributed by atoms with Crippen molar-refractivity contribution < 1.29 is 14.5 Å². The number of hydrogen-bond donors (Lipinski definition) is 0. The number of hydrogen-bond acceptors (Lipinski definition) is 5. The average molecular weight is 380 g/mol. The Labute approximate surface area is 162 Å². The molecule has 28 heavy (non-hydrogen) atoms. The second-order valence-corrected chi connectivity index (χ2v) is 6.17. The highest BCUT2D eigenvalue weighted by Crippen LogP contribution is 2.25. The van der Waals surface area contributed by atoms with Crippen LogP contribution in [0.2, 0.25) is 0 Å². The van der Waals surface area contributed by atoms with E-state index < -0.39 is 4.92 Å². The number of carbonyl (C=O) groups excluding carboxylic acids is 1. The molecule has 1 heterocycles. The van der Waals surface area contributed by atoms with Gasteiger partial charge < -0.3 is 14.2 Å². The van der Waals surface area contributed by atoms with Crippen molar-refractivity contribution in [3.8, 4) is 11.4 Å². The highest BCUT2D eigenvalue weighted by molar-refractivity contribution is 5.95. The summed E-state index contributed by atoms with van der Waals surface area (Å²) in [5.74, 6) is 0.472. The monoisotopic (exact) mass is 380 g/mol. The number of imidazole rings is 1. The van der Waals surface area contributed by atoms with Gasteiger partial charge >= 0.3 is 0 Å². The average Bonchev–Trinajstić information content (AvgIpc) is 3.23. The van der Waals surface area contributed by atoms with Gasteiger partial charge in [0.1, 0.15) is 11.4 Å². The van der Waals surface area contributed by atoms with Gasteiger partial charge in [-0.05, 0) is 36.8 Å². The van der Waals surface area contributed by atoms with Crippen molar-refractivity contribution in [1.29, 1.82) is 0 Å². The van der Waals surface area contributed by atoms with Gasteiger partial charge in [-0.1, -0.05) is 12.1 Å². The number of nitro benzene ring substituents is 1. The van der Waals surface area contributed by atoms with E-state index in [0.717, 1.165) is 11.3 Å². The van der Waals surface area contributed by atoms with Gasteiger partial charge in [-0.15, -0.1) is 0 Å². The van der Waals surface area contributed by atoms with E-state index in [0.29, 0.717) is 18.8 Å². The SMILES string of the molecule is CCOc1ccc(CN(C)C(=O)c2ccc(-n3ccnc3)c([N+](=O)[O-])c2)cc1. The van der Waals surface area contributed by atoms with Gasteiger partial charge in [0.25, 0.3) is 11.6 Å². The van der Waals surface area contributed by atoms with Gasteiger partial charge in [-0.25, -0.2) is 4.98 Å². The molecule has 3 aromatic rings. The first-order valence-corrected chi connectivity index (χ1v) is 8.73. The second kappa shape index (κ2) is 8.34. The lowest BCUT2D eigenvalue weighted by Crippen LogP contribution is -2.26. The van der Waals surface area contributed by atoms with Crippen LogP contribution in [0, 0.1) is 10.1 Å². The second-order valence-electron chi connectivity index (χ2n) is 6.17. The van der Waals surface area contributed by atoms with Gasteiger partial charge in [0.2, 0.25) is 0 Å². The minimum absolute atomic E-state index is 0.154. The summed E-state index contributed by atoms with van der Waals surface area (Å²) < 4.78 is 6.95. The van der Waals surface area contributed by atoms with Crippen LogP contribution in [-0.2, 0) is 6.54 Å². The molecule has 0 aliphatic rings. The molecule has 0 atom stereocenters. The number of aromatic nitrogens is 2. The number of nitro groups is 1. The summed E-state index contributed by atoms with van der Waals surface area (Å²) >= 11 is 0. The predicted molar refractivity (Wildman–Crippen MR) is 104 cm³/mol. The largest absolute Gasteiger partial charge is 0.494 e. The molecule has 0 aliphatic heterocycles. The number of rotatable bonds is 7. The standard InChI is InChI=1S/C20H20N4O4/c1-3-28-17-7-4-15(5-8-17)13-22(2)20(25)16-6-9-18(19(12-16)24(26)27)23-11-10-21-14-23/h4-12,14H,3,13H2,1-2H3. The van der Waals surface area contributed by atoms with E-state index in [1.165, 1.54) is 28.1 Å². The Hall–Kier alpha value is -3.68. The molecule has 8 heteroatoms. The first-order chi connectivity index (χ1) is 13.5. The molecule has 2 aromatic carbocycles. The lowest BCUT2D eigenvalue weighted by molar-refractivity contribution is -0.384. The smallest absolute Gasteiger partial charge is 0.294 e. The Bertz CT molecular complexity index is 968. The summed E-state index contributed by atoms with van der Waals surface area (Å²) in [5, 5.41) is 11.5. The van der Waals surface area contributed by atoms with Crippen LogP contribution in [0.25, 0.3) is 5.69 Å². The van der Waals surface area contributed by atoms with E-state index in [1.807, 2.05) is 31.2 Å². The Morgan fingerprint density at radius 1 is 1.25 bits per heavy atom. The molecular weight excluding hydrogens is 360 g/mol. The van der Waals surface area contributed by atoms with E-state index in [-0.39, 0.29) is 17.2 Å².